The lowest BCUT2D eigenvalue weighted by Crippen LogP contribution is -2.25. The quantitative estimate of drug-likeness (QED) is 0.759. The standard InChI is InChI=1S/C20H18FN5O2/c1-12-22-19(24-26(12)17-6-3-15(21)4-7-17)20(28)23-16-5-8-18-14(11-16)9-10-25(18)13(2)27/h3-8,11H,9-10H2,1-2H3,(H,23,28). The van der Waals surface area contributed by atoms with Crippen LogP contribution in [0.4, 0.5) is 15.8 Å². The largest absolute Gasteiger partial charge is 0.319 e. The highest BCUT2D eigenvalue weighted by atomic mass is 19.1. The van der Waals surface area contributed by atoms with Gasteiger partial charge in [-0.3, -0.25) is 9.59 Å². The van der Waals surface area contributed by atoms with Gasteiger partial charge in [0.15, 0.2) is 0 Å². The summed E-state index contributed by atoms with van der Waals surface area (Å²) in [5.74, 6) is -0.248. The molecule has 0 radical (unpaired) electrons. The minimum absolute atomic E-state index is 0.00143. The van der Waals surface area contributed by atoms with Gasteiger partial charge in [-0.25, -0.2) is 14.1 Å². The second kappa shape index (κ2) is 6.88. The number of carbonyl (C=O) groups excluding carboxylic acids is 2. The maximum Gasteiger partial charge on any atom is 0.295 e. The van der Waals surface area contributed by atoms with Crippen molar-refractivity contribution in [3.05, 3.63) is 65.5 Å². The van der Waals surface area contributed by atoms with E-state index in [1.165, 1.54) is 23.7 Å². The molecule has 1 aromatic heterocycles. The lowest BCUT2D eigenvalue weighted by atomic mass is 10.1. The number of hydrogen-bond acceptors (Lipinski definition) is 4. The van der Waals surface area contributed by atoms with Gasteiger partial charge in [-0.1, -0.05) is 0 Å². The molecule has 0 fully saturated rings. The average molecular weight is 379 g/mol. The van der Waals surface area contributed by atoms with Crippen LogP contribution in [0.2, 0.25) is 0 Å². The number of rotatable bonds is 3. The summed E-state index contributed by atoms with van der Waals surface area (Å²) < 4.78 is 14.6. The molecule has 7 nitrogen and oxygen atoms in total. The van der Waals surface area contributed by atoms with Crippen LogP contribution in [-0.4, -0.2) is 33.1 Å². The van der Waals surface area contributed by atoms with Crippen molar-refractivity contribution < 1.29 is 14.0 Å². The van der Waals surface area contributed by atoms with Gasteiger partial charge in [0.2, 0.25) is 11.7 Å². The third-order valence-corrected chi connectivity index (χ3v) is 4.66. The van der Waals surface area contributed by atoms with Crippen LogP contribution in [0.5, 0.6) is 0 Å². The van der Waals surface area contributed by atoms with E-state index in [2.05, 4.69) is 15.4 Å². The fourth-order valence-electron chi connectivity index (χ4n) is 3.31. The molecule has 0 saturated carbocycles. The van der Waals surface area contributed by atoms with Gasteiger partial charge in [0, 0.05) is 24.8 Å². The number of anilines is 2. The van der Waals surface area contributed by atoms with E-state index in [4.69, 9.17) is 0 Å². The average Bonchev–Trinajstić information content (AvgIpc) is 3.26. The van der Waals surface area contributed by atoms with Gasteiger partial charge in [0.1, 0.15) is 11.6 Å². The molecule has 1 aliphatic heterocycles. The summed E-state index contributed by atoms with van der Waals surface area (Å²) in [6, 6.07) is 11.2. The first-order chi connectivity index (χ1) is 13.4. The molecule has 142 valence electrons. The Morgan fingerprint density at radius 3 is 2.61 bits per heavy atom. The number of nitrogens with zero attached hydrogens (tertiary/aromatic N) is 4. The number of amides is 2. The number of nitrogens with one attached hydrogen (secondary N) is 1. The van der Waals surface area contributed by atoms with Crippen molar-refractivity contribution >= 4 is 23.2 Å². The molecule has 2 amide bonds. The van der Waals surface area contributed by atoms with Crippen LogP contribution in [0.15, 0.2) is 42.5 Å². The van der Waals surface area contributed by atoms with Crippen LogP contribution in [-0.2, 0) is 11.2 Å². The molecule has 4 rings (SSSR count). The highest BCUT2D eigenvalue weighted by Crippen LogP contribution is 2.30. The monoisotopic (exact) mass is 379 g/mol. The smallest absolute Gasteiger partial charge is 0.295 e. The summed E-state index contributed by atoms with van der Waals surface area (Å²) >= 11 is 0. The van der Waals surface area contributed by atoms with Gasteiger partial charge in [-0.05, 0) is 61.4 Å². The number of carbonyl (C=O) groups is 2. The molecule has 0 spiro atoms. The van der Waals surface area contributed by atoms with Gasteiger partial charge < -0.3 is 10.2 Å². The maximum absolute atomic E-state index is 13.1. The second-order valence-corrected chi connectivity index (χ2v) is 6.59. The first-order valence-electron chi connectivity index (χ1n) is 8.84. The molecule has 1 aliphatic rings. The number of fused-ring (bicyclic) bond motifs is 1. The molecule has 0 atom stereocenters. The van der Waals surface area contributed by atoms with Gasteiger partial charge >= 0.3 is 0 Å². The Balaban J connectivity index is 1.54. The Kier molecular flexibility index (Phi) is 4.38. The molecular formula is C20H18FN5O2. The number of halogens is 1. The second-order valence-electron chi connectivity index (χ2n) is 6.59. The Bertz CT molecular complexity index is 1070. The molecule has 2 heterocycles. The van der Waals surface area contributed by atoms with Crippen LogP contribution in [0, 0.1) is 12.7 Å². The van der Waals surface area contributed by atoms with Gasteiger partial charge in [0.05, 0.1) is 5.69 Å². The third-order valence-electron chi connectivity index (χ3n) is 4.66. The fraction of sp³-hybridized carbons (Fsp3) is 0.200. The minimum Gasteiger partial charge on any atom is -0.319 e. The van der Waals surface area contributed by atoms with Crippen molar-refractivity contribution in [3.63, 3.8) is 0 Å². The summed E-state index contributed by atoms with van der Waals surface area (Å²) in [4.78, 5) is 30.1. The predicted octanol–water partition coefficient (Wildman–Crippen LogP) is 2.88. The molecule has 1 N–H and O–H groups in total. The van der Waals surface area contributed by atoms with E-state index in [0.717, 1.165) is 17.7 Å². The molecule has 0 aliphatic carbocycles. The van der Waals surface area contributed by atoms with Crippen LogP contribution in [0.1, 0.15) is 28.9 Å². The van der Waals surface area contributed by atoms with Crippen LogP contribution >= 0.6 is 0 Å². The lowest BCUT2D eigenvalue weighted by molar-refractivity contribution is -0.116. The number of aryl methyl sites for hydroxylation is 1. The zero-order valence-corrected chi connectivity index (χ0v) is 15.4. The maximum atomic E-state index is 13.1. The van der Waals surface area contributed by atoms with E-state index >= 15 is 0 Å². The van der Waals surface area contributed by atoms with Gasteiger partial charge in [-0.15, -0.1) is 5.10 Å². The SMILES string of the molecule is CC(=O)N1CCc2cc(NC(=O)c3nc(C)n(-c4ccc(F)cc4)n3)ccc21. The Morgan fingerprint density at radius 1 is 1.14 bits per heavy atom. The van der Waals surface area contributed by atoms with E-state index in [1.807, 2.05) is 12.1 Å². The fourth-order valence-corrected chi connectivity index (χ4v) is 3.31. The van der Waals surface area contributed by atoms with Gasteiger partial charge in [-0.2, -0.15) is 0 Å². The third kappa shape index (κ3) is 3.24. The van der Waals surface area contributed by atoms with Crippen LogP contribution in [0.25, 0.3) is 5.69 Å². The Labute approximate surface area is 160 Å². The van der Waals surface area contributed by atoms with E-state index in [9.17, 15) is 14.0 Å². The van der Waals surface area contributed by atoms with Crippen molar-refractivity contribution in [3.8, 4) is 5.69 Å². The van der Waals surface area contributed by atoms with Crippen molar-refractivity contribution in [1.29, 1.82) is 0 Å². The summed E-state index contributed by atoms with van der Waals surface area (Å²) in [5.41, 5.74) is 3.12. The van der Waals surface area contributed by atoms with E-state index in [0.29, 0.717) is 23.7 Å². The highest BCUT2D eigenvalue weighted by molar-refractivity contribution is 6.02. The predicted molar refractivity (Wildman–Crippen MR) is 102 cm³/mol. The summed E-state index contributed by atoms with van der Waals surface area (Å²) in [7, 11) is 0. The first-order valence-corrected chi connectivity index (χ1v) is 8.84. The topological polar surface area (TPSA) is 80.1 Å². The summed E-state index contributed by atoms with van der Waals surface area (Å²) in [6.45, 7) is 3.90. The van der Waals surface area contributed by atoms with Crippen molar-refractivity contribution in [1.82, 2.24) is 14.8 Å². The van der Waals surface area contributed by atoms with Gasteiger partial charge in [0.25, 0.3) is 5.91 Å². The highest BCUT2D eigenvalue weighted by Gasteiger charge is 2.23. The zero-order valence-electron chi connectivity index (χ0n) is 15.4. The summed E-state index contributed by atoms with van der Waals surface area (Å²) in [5, 5.41) is 7.02. The minimum atomic E-state index is -0.440. The van der Waals surface area contributed by atoms with Crippen LogP contribution < -0.4 is 10.2 Å². The normalized spacial score (nSPS) is 12.8. The van der Waals surface area contributed by atoms with Crippen LogP contribution in [0.3, 0.4) is 0 Å². The number of benzene rings is 2. The molecule has 28 heavy (non-hydrogen) atoms. The molecule has 8 heteroatoms. The number of aromatic nitrogens is 3. The summed E-state index contributed by atoms with van der Waals surface area (Å²) in [6.07, 6.45) is 0.745. The molecule has 0 saturated heterocycles. The van der Waals surface area contributed by atoms with E-state index in [1.54, 1.807) is 30.0 Å². The zero-order chi connectivity index (χ0) is 19.8. The molecule has 0 unspecified atom stereocenters. The molecule has 0 bridgehead atoms. The number of hydrogen-bond donors (Lipinski definition) is 1. The van der Waals surface area contributed by atoms with E-state index in [-0.39, 0.29) is 17.5 Å². The first kappa shape index (κ1) is 17.8. The van der Waals surface area contributed by atoms with Crippen molar-refractivity contribution in [2.75, 3.05) is 16.8 Å². The Morgan fingerprint density at radius 2 is 1.89 bits per heavy atom. The van der Waals surface area contributed by atoms with Crippen molar-refractivity contribution in [2.24, 2.45) is 0 Å². The van der Waals surface area contributed by atoms with E-state index < -0.39 is 5.91 Å². The molecular weight excluding hydrogens is 361 g/mol. The molecule has 3 aromatic rings. The van der Waals surface area contributed by atoms with Crippen molar-refractivity contribution in [2.45, 2.75) is 20.3 Å². The lowest BCUT2D eigenvalue weighted by Gasteiger charge is -2.14. The molecule has 2 aromatic carbocycles. The Hall–Kier alpha value is -3.55.